The van der Waals surface area contributed by atoms with Gasteiger partial charge < -0.3 is 4.90 Å². The zero-order chi connectivity index (χ0) is 19.7. The zero-order valence-electron chi connectivity index (χ0n) is 17.4. The Kier molecular flexibility index (Phi) is 7.21. The van der Waals surface area contributed by atoms with Crippen LogP contribution in [0.4, 0.5) is 5.13 Å². The first-order valence-electron chi connectivity index (χ1n) is 9.18. The molecule has 0 aliphatic rings. The van der Waals surface area contributed by atoms with Gasteiger partial charge in [0, 0.05) is 18.7 Å². The summed E-state index contributed by atoms with van der Waals surface area (Å²) in [6.45, 7) is 9.58. The number of halogens is 1. The van der Waals surface area contributed by atoms with E-state index >= 15 is 0 Å². The topological polar surface area (TPSA) is 36.4 Å². The molecule has 0 aliphatic heterocycles. The van der Waals surface area contributed by atoms with E-state index in [4.69, 9.17) is 4.98 Å². The van der Waals surface area contributed by atoms with Gasteiger partial charge in [0.05, 0.1) is 10.2 Å². The molecule has 1 aromatic heterocycles. The fourth-order valence-electron chi connectivity index (χ4n) is 3.18. The smallest absolute Gasteiger partial charge is 0.260 e. The number of carbonyl (C=O) groups excluding carboxylic acids is 1. The summed E-state index contributed by atoms with van der Waals surface area (Å²) in [6.07, 6.45) is 0. The van der Waals surface area contributed by atoms with Crippen LogP contribution in [0, 0.1) is 27.7 Å². The first-order chi connectivity index (χ1) is 12.8. The molecule has 1 amide bonds. The molecule has 3 aromatic rings. The van der Waals surface area contributed by atoms with Gasteiger partial charge in [-0.3, -0.25) is 9.69 Å². The number of thiazole rings is 1. The van der Waals surface area contributed by atoms with Gasteiger partial charge in [0.25, 0.3) is 5.91 Å². The maximum absolute atomic E-state index is 13.4. The van der Waals surface area contributed by atoms with Crippen LogP contribution in [0.15, 0.2) is 30.3 Å². The number of amides is 1. The van der Waals surface area contributed by atoms with Crippen LogP contribution in [0.25, 0.3) is 10.2 Å². The van der Waals surface area contributed by atoms with Gasteiger partial charge in [-0.25, -0.2) is 4.98 Å². The number of hydrogen-bond donors (Lipinski definition) is 0. The molecule has 28 heavy (non-hydrogen) atoms. The molecule has 0 spiro atoms. The molecule has 0 N–H and O–H groups in total. The van der Waals surface area contributed by atoms with Crippen molar-refractivity contribution in [3.05, 3.63) is 58.1 Å². The van der Waals surface area contributed by atoms with E-state index in [0.717, 1.165) is 38.6 Å². The van der Waals surface area contributed by atoms with Crippen LogP contribution in [0.1, 0.15) is 32.6 Å². The van der Waals surface area contributed by atoms with Crippen molar-refractivity contribution in [1.82, 2.24) is 9.88 Å². The highest BCUT2D eigenvalue weighted by molar-refractivity contribution is 7.22. The van der Waals surface area contributed by atoms with Crippen molar-refractivity contribution in [1.29, 1.82) is 0 Å². The fourth-order valence-corrected chi connectivity index (χ4v) is 4.22. The van der Waals surface area contributed by atoms with E-state index in [9.17, 15) is 4.79 Å². The van der Waals surface area contributed by atoms with Gasteiger partial charge in [0.2, 0.25) is 0 Å². The molecule has 1 heterocycles. The zero-order valence-corrected chi connectivity index (χ0v) is 19.0. The third-order valence-electron chi connectivity index (χ3n) is 4.68. The van der Waals surface area contributed by atoms with Gasteiger partial charge in [0.1, 0.15) is 0 Å². The Morgan fingerprint density at radius 2 is 1.68 bits per heavy atom. The highest BCUT2D eigenvalue weighted by Crippen LogP contribution is 2.33. The van der Waals surface area contributed by atoms with Crippen molar-refractivity contribution in [3.63, 3.8) is 0 Å². The number of hydrogen-bond acceptors (Lipinski definition) is 4. The van der Waals surface area contributed by atoms with Crippen molar-refractivity contribution in [2.75, 3.05) is 32.1 Å². The second-order valence-corrected chi connectivity index (χ2v) is 8.48. The molecule has 0 atom stereocenters. The number of aryl methyl sites for hydroxylation is 4. The third-order valence-corrected chi connectivity index (χ3v) is 5.91. The summed E-state index contributed by atoms with van der Waals surface area (Å²) in [7, 11) is 4.04. The predicted octanol–water partition coefficient (Wildman–Crippen LogP) is 5.16. The van der Waals surface area contributed by atoms with Crippen LogP contribution < -0.4 is 4.90 Å². The minimum absolute atomic E-state index is 0. The van der Waals surface area contributed by atoms with E-state index in [1.807, 2.05) is 51.0 Å². The summed E-state index contributed by atoms with van der Waals surface area (Å²) >= 11 is 1.60. The third kappa shape index (κ3) is 4.72. The molecular formula is C22H28ClN3OS. The van der Waals surface area contributed by atoms with Crippen LogP contribution in [0.3, 0.4) is 0 Å². The van der Waals surface area contributed by atoms with E-state index in [1.54, 1.807) is 11.3 Å². The summed E-state index contributed by atoms with van der Waals surface area (Å²) in [4.78, 5) is 22.2. The lowest BCUT2D eigenvalue weighted by Gasteiger charge is -2.23. The summed E-state index contributed by atoms with van der Waals surface area (Å²) in [5.41, 5.74) is 6.20. The molecule has 0 aliphatic carbocycles. The maximum Gasteiger partial charge on any atom is 0.260 e. The lowest BCUT2D eigenvalue weighted by molar-refractivity contribution is 0.0984. The van der Waals surface area contributed by atoms with Gasteiger partial charge in [-0.05, 0) is 70.6 Å². The van der Waals surface area contributed by atoms with E-state index in [1.165, 1.54) is 11.1 Å². The highest BCUT2D eigenvalue weighted by atomic mass is 35.5. The first-order valence-corrected chi connectivity index (χ1v) is 9.99. The number of carbonyl (C=O) groups is 1. The number of fused-ring (bicyclic) bond motifs is 1. The molecule has 3 rings (SSSR count). The van der Waals surface area contributed by atoms with Crippen LogP contribution >= 0.6 is 23.7 Å². The molecular weight excluding hydrogens is 390 g/mol. The minimum Gasteiger partial charge on any atom is -0.308 e. The summed E-state index contributed by atoms with van der Waals surface area (Å²) < 4.78 is 1.15. The molecule has 150 valence electrons. The van der Waals surface area contributed by atoms with Crippen LogP contribution in [-0.2, 0) is 0 Å². The Labute approximate surface area is 177 Å². The first kappa shape index (κ1) is 22.3. The Balaban J connectivity index is 0.00000280. The van der Waals surface area contributed by atoms with Gasteiger partial charge in [0.15, 0.2) is 5.13 Å². The average molecular weight is 418 g/mol. The van der Waals surface area contributed by atoms with E-state index in [2.05, 4.69) is 30.9 Å². The van der Waals surface area contributed by atoms with Gasteiger partial charge >= 0.3 is 0 Å². The van der Waals surface area contributed by atoms with Crippen LogP contribution in [-0.4, -0.2) is 43.0 Å². The molecule has 4 nitrogen and oxygen atoms in total. The number of benzene rings is 2. The van der Waals surface area contributed by atoms with Crippen molar-refractivity contribution in [2.24, 2.45) is 0 Å². The van der Waals surface area contributed by atoms with Crippen molar-refractivity contribution in [2.45, 2.75) is 27.7 Å². The quantitative estimate of drug-likeness (QED) is 0.575. The Morgan fingerprint density at radius 3 is 2.36 bits per heavy atom. The number of aromatic nitrogens is 1. The van der Waals surface area contributed by atoms with Gasteiger partial charge in [-0.2, -0.15) is 0 Å². The van der Waals surface area contributed by atoms with Crippen molar-refractivity contribution in [3.8, 4) is 0 Å². The summed E-state index contributed by atoms with van der Waals surface area (Å²) in [6, 6.07) is 10.3. The minimum atomic E-state index is 0. The average Bonchev–Trinajstić information content (AvgIpc) is 3.00. The van der Waals surface area contributed by atoms with E-state index in [-0.39, 0.29) is 18.3 Å². The maximum atomic E-state index is 13.4. The molecule has 0 unspecified atom stereocenters. The monoisotopic (exact) mass is 417 g/mol. The molecule has 0 saturated carbocycles. The van der Waals surface area contributed by atoms with Gasteiger partial charge in [-0.1, -0.05) is 35.1 Å². The lowest BCUT2D eigenvalue weighted by Crippen LogP contribution is -2.37. The SMILES string of the molecule is Cc1ccc(C)c(C(=O)N(CCN(C)C)c2nc3cc(C)cc(C)c3s2)c1.Cl. The molecule has 6 heteroatoms. The molecule has 2 aromatic carbocycles. The molecule has 0 radical (unpaired) electrons. The molecule has 0 fully saturated rings. The Bertz CT molecular complexity index is 997. The van der Waals surface area contributed by atoms with Crippen molar-refractivity contribution < 1.29 is 4.79 Å². The number of rotatable bonds is 5. The Hall–Kier alpha value is -1.95. The predicted molar refractivity (Wildman–Crippen MR) is 122 cm³/mol. The number of anilines is 1. The van der Waals surface area contributed by atoms with Gasteiger partial charge in [-0.15, -0.1) is 12.4 Å². The standard InChI is InChI=1S/C22H27N3OS.ClH/c1-14-7-8-16(3)18(12-14)21(26)25(10-9-24(5)6)22-23-19-13-15(2)11-17(4)20(19)27-22;/h7-8,11-13H,9-10H2,1-6H3;1H. The second kappa shape index (κ2) is 9.03. The van der Waals surface area contributed by atoms with E-state index in [0.29, 0.717) is 6.54 Å². The molecule has 0 bridgehead atoms. The fraction of sp³-hybridized carbons (Fsp3) is 0.364. The summed E-state index contributed by atoms with van der Waals surface area (Å²) in [5, 5.41) is 0.770. The summed E-state index contributed by atoms with van der Waals surface area (Å²) in [5.74, 6) is 0.0199. The highest BCUT2D eigenvalue weighted by Gasteiger charge is 2.23. The van der Waals surface area contributed by atoms with E-state index < -0.39 is 0 Å². The van der Waals surface area contributed by atoms with Crippen LogP contribution in [0.2, 0.25) is 0 Å². The van der Waals surface area contributed by atoms with Crippen molar-refractivity contribution >= 4 is 45.0 Å². The second-order valence-electron chi connectivity index (χ2n) is 7.50. The molecule has 0 saturated heterocycles. The Morgan fingerprint density at radius 1 is 0.964 bits per heavy atom. The lowest BCUT2D eigenvalue weighted by atomic mass is 10.0. The van der Waals surface area contributed by atoms with Crippen LogP contribution in [0.5, 0.6) is 0 Å². The number of likely N-dealkylation sites (N-methyl/N-ethyl adjacent to an activating group) is 1. The normalized spacial score (nSPS) is 11.0. The largest absolute Gasteiger partial charge is 0.308 e. The number of nitrogens with zero attached hydrogens (tertiary/aromatic N) is 3.